The number of carbonyl (C=O) groups is 2. The highest BCUT2D eigenvalue weighted by molar-refractivity contribution is 5.79. The fourth-order valence-electron chi connectivity index (χ4n) is 4.43. The van der Waals surface area contributed by atoms with Gasteiger partial charge in [-0.25, -0.2) is 4.79 Å². The molecule has 2 amide bonds. The van der Waals surface area contributed by atoms with Crippen LogP contribution in [0.4, 0.5) is 4.79 Å². The number of methoxy groups -OCH3 is 1. The number of hydrogen-bond donors (Lipinski definition) is 2. The van der Waals surface area contributed by atoms with Crippen LogP contribution in [0.5, 0.6) is 11.5 Å². The molecule has 2 N–H and O–H groups in total. The molecule has 1 aromatic carbocycles. The van der Waals surface area contributed by atoms with Crippen molar-refractivity contribution in [1.82, 2.24) is 10.2 Å². The lowest BCUT2D eigenvalue weighted by atomic mass is 9.85. The highest BCUT2D eigenvalue weighted by atomic mass is 16.6. The Kier molecular flexibility index (Phi) is 7.82. The third-order valence-electron chi connectivity index (χ3n) is 6.41. The minimum Gasteiger partial charge on any atom is -0.504 e. The van der Waals surface area contributed by atoms with E-state index in [-0.39, 0.29) is 29.8 Å². The maximum Gasteiger partial charge on any atom is 0.410 e. The first kappa shape index (κ1) is 22.2. The highest BCUT2D eigenvalue weighted by Crippen LogP contribution is 2.29. The van der Waals surface area contributed by atoms with Crippen molar-refractivity contribution in [3.8, 4) is 11.5 Å². The molecule has 7 nitrogen and oxygen atoms in total. The van der Waals surface area contributed by atoms with Crippen LogP contribution in [-0.4, -0.2) is 48.3 Å². The Hall–Kier alpha value is -2.44. The van der Waals surface area contributed by atoms with Gasteiger partial charge in [0.05, 0.1) is 7.11 Å². The molecule has 30 heavy (non-hydrogen) atoms. The number of ether oxygens (including phenoxy) is 2. The molecule has 1 saturated heterocycles. The Bertz CT molecular complexity index is 730. The van der Waals surface area contributed by atoms with E-state index in [2.05, 4.69) is 12.2 Å². The van der Waals surface area contributed by atoms with Crippen molar-refractivity contribution in [2.45, 2.75) is 64.5 Å². The third-order valence-corrected chi connectivity index (χ3v) is 6.41. The predicted octanol–water partition coefficient (Wildman–Crippen LogP) is 3.83. The molecule has 0 radical (unpaired) electrons. The summed E-state index contributed by atoms with van der Waals surface area (Å²) in [6, 6.07) is 5.02. The van der Waals surface area contributed by atoms with Crippen LogP contribution >= 0.6 is 0 Å². The summed E-state index contributed by atoms with van der Waals surface area (Å²) in [6.45, 7) is 3.67. The van der Waals surface area contributed by atoms with Crippen LogP contribution in [0.1, 0.15) is 57.4 Å². The molecule has 1 aromatic rings. The first-order chi connectivity index (χ1) is 14.5. The van der Waals surface area contributed by atoms with Gasteiger partial charge in [-0.1, -0.05) is 25.8 Å². The molecule has 0 bridgehead atoms. The molecule has 7 heteroatoms. The molecule has 166 valence electrons. The molecule has 1 aliphatic heterocycles. The predicted molar refractivity (Wildman–Crippen MR) is 113 cm³/mol. The van der Waals surface area contributed by atoms with Crippen LogP contribution in [0.3, 0.4) is 0 Å². The first-order valence-electron chi connectivity index (χ1n) is 11.1. The number of piperidine rings is 1. The summed E-state index contributed by atoms with van der Waals surface area (Å²) in [4.78, 5) is 26.8. The largest absolute Gasteiger partial charge is 0.504 e. The number of phenolic OH excluding ortho intramolecular Hbond substituents is 1. The molecule has 1 saturated carbocycles. The van der Waals surface area contributed by atoms with Gasteiger partial charge in [-0.3, -0.25) is 4.79 Å². The third kappa shape index (κ3) is 5.80. The van der Waals surface area contributed by atoms with Crippen LogP contribution in [-0.2, 0) is 16.1 Å². The normalized spacial score (nSPS) is 22.4. The van der Waals surface area contributed by atoms with Gasteiger partial charge < -0.3 is 24.8 Å². The second-order valence-corrected chi connectivity index (χ2v) is 8.43. The second kappa shape index (κ2) is 10.5. The summed E-state index contributed by atoms with van der Waals surface area (Å²) in [5, 5.41) is 12.6. The van der Waals surface area contributed by atoms with Gasteiger partial charge in [0.15, 0.2) is 11.5 Å². The lowest BCUT2D eigenvalue weighted by Crippen LogP contribution is -2.44. The number of nitrogens with zero attached hydrogens (tertiary/aromatic N) is 1. The summed E-state index contributed by atoms with van der Waals surface area (Å²) >= 11 is 0. The van der Waals surface area contributed by atoms with E-state index in [0.29, 0.717) is 44.1 Å². The van der Waals surface area contributed by atoms with Gasteiger partial charge in [-0.2, -0.15) is 0 Å². The van der Waals surface area contributed by atoms with E-state index in [4.69, 9.17) is 9.47 Å². The summed E-state index contributed by atoms with van der Waals surface area (Å²) < 4.78 is 10.8. The smallest absolute Gasteiger partial charge is 0.410 e. The number of carbonyl (C=O) groups excluding carboxylic acids is 2. The Morgan fingerprint density at radius 2 is 1.97 bits per heavy atom. The Labute approximate surface area is 178 Å². The topological polar surface area (TPSA) is 88.1 Å². The molecule has 1 heterocycles. The number of rotatable bonds is 6. The number of likely N-dealkylation sites (tertiary alicyclic amines) is 1. The minimum atomic E-state index is -0.230. The molecule has 0 spiro atoms. The van der Waals surface area contributed by atoms with E-state index in [1.807, 2.05) is 0 Å². The lowest BCUT2D eigenvalue weighted by molar-refractivity contribution is -0.126. The van der Waals surface area contributed by atoms with Crippen molar-refractivity contribution >= 4 is 12.0 Å². The molecule has 1 aliphatic carbocycles. The number of phenols is 1. The molecule has 3 rings (SSSR count). The molecular formula is C23H34N2O5. The number of benzene rings is 1. The number of hydrogen-bond acceptors (Lipinski definition) is 5. The highest BCUT2D eigenvalue weighted by Gasteiger charge is 2.30. The van der Waals surface area contributed by atoms with Crippen molar-refractivity contribution in [3.63, 3.8) is 0 Å². The van der Waals surface area contributed by atoms with Crippen LogP contribution in [0.2, 0.25) is 0 Å². The standard InChI is InChI=1S/C23H34N2O5/c1-3-16-5-4-6-19(13-16)30-23(28)25-11-9-18(10-12-25)22(27)24-15-17-7-8-20(26)21(14-17)29-2/h7-8,14,16,18-19,26H,3-6,9-13,15H2,1-2H3,(H,24,27)/t16-,19-/m0/s1. The quantitative estimate of drug-likeness (QED) is 0.733. The molecule has 2 fully saturated rings. The summed E-state index contributed by atoms with van der Waals surface area (Å²) in [5.74, 6) is 1.02. The maximum atomic E-state index is 12.5. The van der Waals surface area contributed by atoms with E-state index in [1.165, 1.54) is 13.5 Å². The lowest BCUT2D eigenvalue weighted by Gasteiger charge is -2.34. The van der Waals surface area contributed by atoms with E-state index >= 15 is 0 Å². The number of aromatic hydroxyl groups is 1. The number of nitrogens with one attached hydrogen (secondary N) is 1. The summed E-state index contributed by atoms with van der Waals surface area (Å²) in [5.41, 5.74) is 0.858. The van der Waals surface area contributed by atoms with Gasteiger partial charge in [0.2, 0.25) is 5.91 Å². The second-order valence-electron chi connectivity index (χ2n) is 8.43. The fraction of sp³-hybridized carbons (Fsp3) is 0.652. The van der Waals surface area contributed by atoms with Crippen molar-refractivity contribution in [1.29, 1.82) is 0 Å². The van der Waals surface area contributed by atoms with Gasteiger partial charge in [-0.05, 0) is 55.7 Å². The fourth-order valence-corrected chi connectivity index (χ4v) is 4.43. The van der Waals surface area contributed by atoms with Gasteiger partial charge in [0.25, 0.3) is 0 Å². The van der Waals surface area contributed by atoms with Gasteiger partial charge in [0, 0.05) is 25.6 Å². The van der Waals surface area contributed by atoms with Gasteiger partial charge >= 0.3 is 6.09 Å². The van der Waals surface area contributed by atoms with Crippen molar-refractivity contribution in [2.24, 2.45) is 11.8 Å². The van der Waals surface area contributed by atoms with Crippen molar-refractivity contribution in [3.05, 3.63) is 23.8 Å². The molecule has 2 atom stereocenters. The van der Waals surface area contributed by atoms with E-state index in [9.17, 15) is 14.7 Å². The van der Waals surface area contributed by atoms with E-state index < -0.39 is 0 Å². The van der Waals surface area contributed by atoms with Crippen LogP contribution in [0.15, 0.2) is 18.2 Å². The van der Waals surface area contributed by atoms with E-state index in [1.54, 1.807) is 23.1 Å². The van der Waals surface area contributed by atoms with Crippen molar-refractivity contribution in [2.75, 3.05) is 20.2 Å². The van der Waals surface area contributed by atoms with Crippen LogP contribution in [0, 0.1) is 11.8 Å². The summed E-state index contributed by atoms with van der Waals surface area (Å²) in [6.07, 6.45) is 6.54. The summed E-state index contributed by atoms with van der Waals surface area (Å²) in [7, 11) is 1.49. The maximum absolute atomic E-state index is 12.5. The average Bonchev–Trinajstić information content (AvgIpc) is 2.78. The molecule has 0 aromatic heterocycles. The zero-order chi connectivity index (χ0) is 21.5. The average molecular weight is 419 g/mol. The molecular weight excluding hydrogens is 384 g/mol. The SMILES string of the molecule is CC[C@H]1CCC[C@H](OC(=O)N2CCC(C(=O)NCc3ccc(O)c(OC)c3)CC2)C1. The first-order valence-corrected chi connectivity index (χ1v) is 11.1. The van der Waals surface area contributed by atoms with Crippen LogP contribution < -0.4 is 10.1 Å². The Balaban J connectivity index is 1.41. The zero-order valence-corrected chi connectivity index (χ0v) is 18.1. The van der Waals surface area contributed by atoms with Gasteiger partial charge in [-0.15, -0.1) is 0 Å². The van der Waals surface area contributed by atoms with Crippen molar-refractivity contribution < 1.29 is 24.2 Å². The zero-order valence-electron chi connectivity index (χ0n) is 18.1. The minimum absolute atomic E-state index is 0.00636. The van der Waals surface area contributed by atoms with E-state index in [0.717, 1.165) is 31.2 Å². The van der Waals surface area contributed by atoms with Crippen LogP contribution in [0.25, 0.3) is 0 Å². The van der Waals surface area contributed by atoms with Gasteiger partial charge in [0.1, 0.15) is 6.10 Å². The molecule has 0 unspecified atom stereocenters. The Morgan fingerprint density at radius 3 is 2.67 bits per heavy atom. The molecule has 2 aliphatic rings. The Morgan fingerprint density at radius 1 is 1.20 bits per heavy atom. The monoisotopic (exact) mass is 418 g/mol. The number of amides is 2.